The zero-order valence-corrected chi connectivity index (χ0v) is 28.1. The van der Waals surface area contributed by atoms with E-state index in [0.29, 0.717) is 32.5 Å². The normalized spacial score (nSPS) is 11.6. The number of rotatable bonds is 34. The second-order valence-electron chi connectivity index (χ2n) is 12.8. The molecule has 0 aliphatic carbocycles. The molecule has 0 amide bonds. The number of aliphatic hydroxyl groups excluding tert-OH is 3. The van der Waals surface area contributed by atoms with Crippen LogP contribution in [0.4, 0.5) is 0 Å². The molecule has 7 heteroatoms. The average Bonchev–Trinajstić information content (AvgIpc) is 3.02. The van der Waals surface area contributed by atoms with E-state index in [1.807, 2.05) is 6.92 Å². The molecule has 7 nitrogen and oxygen atoms in total. The molecule has 0 spiro atoms. The molecule has 0 bridgehead atoms. The number of aliphatic hydroxyl groups is 3. The Morgan fingerprint density at radius 2 is 0.698 bits per heavy atom. The Labute approximate surface area is 264 Å². The molecule has 0 aliphatic heterocycles. The van der Waals surface area contributed by atoms with Crippen molar-refractivity contribution in [3.8, 4) is 0 Å². The highest BCUT2D eigenvalue weighted by Crippen LogP contribution is 2.24. The Bertz CT molecular complexity index is 558. The lowest BCUT2D eigenvalue weighted by atomic mass is 9.88. The van der Waals surface area contributed by atoms with Gasteiger partial charge in [0.2, 0.25) is 0 Å². The van der Waals surface area contributed by atoms with Gasteiger partial charge >= 0.3 is 11.9 Å². The van der Waals surface area contributed by atoms with Crippen molar-refractivity contribution in [1.29, 1.82) is 0 Å². The molecular weight excluding hydrogens is 544 g/mol. The molecular formula is C36H70O7. The first kappa shape index (κ1) is 41.8. The molecule has 0 aliphatic rings. The van der Waals surface area contributed by atoms with E-state index in [1.165, 1.54) is 89.9 Å². The monoisotopic (exact) mass is 615 g/mol. The number of hydrogen-bond acceptors (Lipinski definition) is 7. The van der Waals surface area contributed by atoms with Crippen LogP contribution in [-0.4, -0.2) is 60.3 Å². The van der Waals surface area contributed by atoms with Gasteiger partial charge in [-0.05, 0) is 32.1 Å². The van der Waals surface area contributed by atoms with E-state index in [2.05, 4.69) is 0 Å². The number of carbonyl (C=O) groups is 2. The summed E-state index contributed by atoms with van der Waals surface area (Å²) < 4.78 is 11.0. The van der Waals surface area contributed by atoms with E-state index in [9.17, 15) is 14.7 Å². The fourth-order valence-electron chi connectivity index (χ4n) is 5.36. The zero-order chi connectivity index (χ0) is 31.7. The quantitative estimate of drug-likeness (QED) is 0.0491. The topological polar surface area (TPSA) is 113 Å². The molecule has 0 atom stereocenters. The summed E-state index contributed by atoms with van der Waals surface area (Å²) in [7, 11) is 0. The van der Waals surface area contributed by atoms with Crippen LogP contribution in [0, 0.1) is 5.41 Å². The van der Waals surface area contributed by atoms with E-state index in [1.54, 1.807) is 0 Å². The van der Waals surface area contributed by atoms with E-state index in [-0.39, 0.29) is 31.8 Å². The summed E-state index contributed by atoms with van der Waals surface area (Å²) in [5.41, 5.74) is -0.733. The number of ether oxygens (including phenoxy) is 2. The van der Waals surface area contributed by atoms with Crippen molar-refractivity contribution in [3.63, 3.8) is 0 Å². The minimum absolute atomic E-state index is 0.0781. The fraction of sp³-hybridized carbons (Fsp3) is 0.944. The minimum atomic E-state index is -0.733. The van der Waals surface area contributed by atoms with Gasteiger partial charge in [-0.15, -0.1) is 0 Å². The van der Waals surface area contributed by atoms with Crippen molar-refractivity contribution < 1.29 is 34.4 Å². The molecule has 0 rings (SSSR count). The molecule has 0 saturated carbocycles. The highest BCUT2D eigenvalue weighted by Gasteiger charge is 2.31. The molecule has 3 N–H and O–H groups in total. The highest BCUT2D eigenvalue weighted by atomic mass is 16.5. The number of carbonyl (C=O) groups excluding carboxylic acids is 2. The molecule has 0 fully saturated rings. The molecule has 0 heterocycles. The summed E-state index contributed by atoms with van der Waals surface area (Å²) in [5.74, 6) is -0.478. The van der Waals surface area contributed by atoms with Crippen LogP contribution in [0.3, 0.4) is 0 Å². The lowest BCUT2D eigenvalue weighted by Crippen LogP contribution is -2.37. The number of esters is 2. The van der Waals surface area contributed by atoms with Crippen LogP contribution < -0.4 is 0 Å². The molecule has 0 saturated heterocycles. The van der Waals surface area contributed by atoms with Crippen LogP contribution in [0.2, 0.25) is 0 Å². The zero-order valence-electron chi connectivity index (χ0n) is 28.1. The van der Waals surface area contributed by atoms with Gasteiger partial charge in [-0.1, -0.05) is 135 Å². The maximum absolute atomic E-state index is 12.3. The lowest BCUT2D eigenvalue weighted by molar-refractivity contribution is -0.156. The van der Waals surface area contributed by atoms with Gasteiger partial charge in [-0.2, -0.15) is 0 Å². The van der Waals surface area contributed by atoms with Crippen LogP contribution in [0.25, 0.3) is 0 Å². The van der Waals surface area contributed by atoms with Gasteiger partial charge in [0.1, 0.15) is 13.2 Å². The van der Waals surface area contributed by atoms with Crippen LogP contribution in [0.5, 0.6) is 0 Å². The molecule has 256 valence electrons. The van der Waals surface area contributed by atoms with Crippen molar-refractivity contribution >= 4 is 11.9 Å². The molecule has 43 heavy (non-hydrogen) atoms. The Hall–Kier alpha value is -1.18. The smallest absolute Gasteiger partial charge is 0.305 e. The molecule has 0 unspecified atom stereocenters. The van der Waals surface area contributed by atoms with Crippen molar-refractivity contribution in [2.45, 2.75) is 180 Å². The third kappa shape index (κ3) is 28.1. The van der Waals surface area contributed by atoms with E-state index in [4.69, 9.17) is 19.7 Å². The SMILES string of the molecule is CCC(CO)(COC(=O)CCCCCCCCCCCCCCO)COC(=O)CCCCCCCCCCCCCCO. The van der Waals surface area contributed by atoms with Crippen LogP contribution in [-0.2, 0) is 19.1 Å². The number of hydrogen-bond donors (Lipinski definition) is 3. The second-order valence-corrected chi connectivity index (χ2v) is 12.8. The van der Waals surface area contributed by atoms with Crippen LogP contribution in [0.1, 0.15) is 180 Å². The van der Waals surface area contributed by atoms with E-state index < -0.39 is 5.41 Å². The first-order valence-electron chi connectivity index (χ1n) is 18.2. The third-order valence-electron chi connectivity index (χ3n) is 8.74. The predicted molar refractivity (Wildman–Crippen MR) is 176 cm³/mol. The van der Waals surface area contributed by atoms with E-state index in [0.717, 1.165) is 64.2 Å². The molecule has 0 aromatic heterocycles. The maximum atomic E-state index is 12.3. The maximum Gasteiger partial charge on any atom is 0.305 e. The molecule has 0 aromatic rings. The Kier molecular flexibility index (Phi) is 31.3. The summed E-state index contributed by atoms with van der Waals surface area (Å²) in [6, 6.07) is 0. The Morgan fingerprint density at radius 3 is 0.930 bits per heavy atom. The lowest BCUT2D eigenvalue weighted by Gasteiger charge is -2.29. The van der Waals surface area contributed by atoms with Gasteiger partial charge in [0.05, 0.1) is 12.0 Å². The Balaban J connectivity index is 3.78. The van der Waals surface area contributed by atoms with Gasteiger partial charge in [0.15, 0.2) is 0 Å². The molecule has 0 aromatic carbocycles. The Morgan fingerprint density at radius 1 is 0.442 bits per heavy atom. The van der Waals surface area contributed by atoms with Gasteiger partial charge in [-0.3, -0.25) is 9.59 Å². The fourth-order valence-corrected chi connectivity index (χ4v) is 5.36. The summed E-state index contributed by atoms with van der Waals surface area (Å²) in [4.78, 5) is 24.6. The van der Waals surface area contributed by atoms with Gasteiger partial charge < -0.3 is 24.8 Å². The highest BCUT2D eigenvalue weighted by molar-refractivity contribution is 5.69. The van der Waals surface area contributed by atoms with Crippen LogP contribution >= 0.6 is 0 Å². The van der Waals surface area contributed by atoms with Crippen LogP contribution in [0.15, 0.2) is 0 Å². The van der Waals surface area contributed by atoms with Crippen molar-refractivity contribution in [2.24, 2.45) is 5.41 Å². The largest absolute Gasteiger partial charge is 0.465 e. The summed E-state index contributed by atoms with van der Waals surface area (Å²) in [6.07, 6.45) is 29.1. The predicted octanol–water partition coefficient (Wildman–Crippen LogP) is 8.59. The summed E-state index contributed by atoms with van der Waals surface area (Å²) in [6.45, 7) is 2.52. The first-order valence-corrected chi connectivity index (χ1v) is 18.2. The van der Waals surface area contributed by atoms with Gasteiger partial charge in [0, 0.05) is 26.1 Å². The van der Waals surface area contributed by atoms with E-state index >= 15 is 0 Å². The minimum Gasteiger partial charge on any atom is -0.465 e. The average molecular weight is 615 g/mol. The van der Waals surface area contributed by atoms with Crippen molar-refractivity contribution in [2.75, 3.05) is 33.0 Å². The summed E-state index contributed by atoms with van der Waals surface area (Å²) in [5, 5.41) is 27.6. The standard InChI is InChI=1S/C36H70O7/c1-2-36(31-39,32-42-34(40)27-23-19-15-11-7-3-5-9-13-17-21-25-29-37)33-43-35(41)28-24-20-16-12-8-4-6-10-14-18-22-26-30-38/h37-39H,2-33H2,1H3. The third-order valence-corrected chi connectivity index (χ3v) is 8.74. The first-order chi connectivity index (χ1) is 21.0. The summed E-state index contributed by atoms with van der Waals surface area (Å²) >= 11 is 0. The molecule has 0 radical (unpaired) electrons. The van der Waals surface area contributed by atoms with Gasteiger partial charge in [-0.25, -0.2) is 0 Å². The van der Waals surface area contributed by atoms with Gasteiger partial charge in [0.25, 0.3) is 0 Å². The van der Waals surface area contributed by atoms with Crippen molar-refractivity contribution in [3.05, 3.63) is 0 Å². The number of unbranched alkanes of at least 4 members (excludes halogenated alkanes) is 22. The second kappa shape index (κ2) is 32.2. The van der Waals surface area contributed by atoms with Crippen molar-refractivity contribution in [1.82, 2.24) is 0 Å².